The number of likely N-dealkylation sites (N-methyl/N-ethyl adjacent to an activating group) is 1. The Morgan fingerprint density at radius 3 is 2.61 bits per heavy atom. The maximum atomic E-state index is 11.5. The van der Waals surface area contributed by atoms with E-state index in [4.69, 9.17) is 11.6 Å². The number of rotatable bonds is 4. The van der Waals surface area contributed by atoms with Gasteiger partial charge in [-0.1, -0.05) is 29.8 Å². The van der Waals surface area contributed by atoms with Crippen LogP contribution in [0.15, 0.2) is 24.3 Å². The molecule has 5 nitrogen and oxygen atoms in total. The third-order valence-electron chi connectivity index (χ3n) is 2.29. The van der Waals surface area contributed by atoms with E-state index >= 15 is 0 Å². The summed E-state index contributed by atoms with van der Waals surface area (Å²) < 4.78 is 0. The van der Waals surface area contributed by atoms with Crippen LogP contribution in [0.1, 0.15) is 5.56 Å². The Labute approximate surface area is 111 Å². The molecule has 0 saturated heterocycles. The Morgan fingerprint density at radius 2 is 2.00 bits per heavy atom. The van der Waals surface area contributed by atoms with E-state index < -0.39 is 6.03 Å². The number of imide groups is 1. The fraction of sp³-hybridized carbons (Fsp3) is 0.333. The molecular formula is C12H16ClN3O2. The first-order chi connectivity index (χ1) is 8.52. The number of hydrogen-bond acceptors (Lipinski definition) is 3. The number of nitrogens with one attached hydrogen (secondary N) is 2. The molecule has 1 aromatic carbocycles. The van der Waals surface area contributed by atoms with Gasteiger partial charge in [-0.05, 0) is 18.7 Å². The van der Waals surface area contributed by atoms with Crippen molar-refractivity contribution in [2.24, 2.45) is 0 Å². The zero-order valence-electron chi connectivity index (χ0n) is 10.4. The van der Waals surface area contributed by atoms with Crippen molar-refractivity contribution in [3.63, 3.8) is 0 Å². The van der Waals surface area contributed by atoms with Gasteiger partial charge in [0.15, 0.2) is 0 Å². The van der Waals surface area contributed by atoms with Gasteiger partial charge in [-0.2, -0.15) is 0 Å². The molecule has 0 aliphatic carbocycles. The molecule has 0 aromatic heterocycles. The summed E-state index contributed by atoms with van der Waals surface area (Å²) in [4.78, 5) is 24.2. The summed E-state index contributed by atoms with van der Waals surface area (Å²) >= 11 is 6.02. The van der Waals surface area contributed by atoms with Crippen LogP contribution in [-0.4, -0.2) is 37.5 Å². The van der Waals surface area contributed by atoms with E-state index in [1.165, 1.54) is 7.05 Å². The van der Waals surface area contributed by atoms with Crippen molar-refractivity contribution in [3.8, 4) is 0 Å². The second-order valence-electron chi connectivity index (χ2n) is 3.89. The van der Waals surface area contributed by atoms with E-state index in [2.05, 4.69) is 10.6 Å². The van der Waals surface area contributed by atoms with Gasteiger partial charge in [-0.25, -0.2) is 4.79 Å². The number of urea groups is 1. The average Bonchev–Trinajstić information content (AvgIpc) is 2.31. The molecule has 0 saturated carbocycles. The van der Waals surface area contributed by atoms with E-state index in [-0.39, 0.29) is 12.5 Å². The lowest BCUT2D eigenvalue weighted by atomic mass is 10.2. The maximum absolute atomic E-state index is 11.5. The van der Waals surface area contributed by atoms with Crippen LogP contribution in [-0.2, 0) is 11.3 Å². The minimum absolute atomic E-state index is 0.124. The lowest BCUT2D eigenvalue weighted by molar-refractivity contribution is -0.120. The first-order valence-corrected chi connectivity index (χ1v) is 5.84. The highest BCUT2D eigenvalue weighted by molar-refractivity contribution is 6.31. The Morgan fingerprint density at radius 1 is 1.33 bits per heavy atom. The molecule has 0 aliphatic rings. The highest BCUT2D eigenvalue weighted by atomic mass is 35.5. The van der Waals surface area contributed by atoms with Crippen molar-refractivity contribution in [1.29, 1.82) is 0 Å². The Hall–Kier alpha value is -1.59. The molecule has 0 spiro atoms. The molecule has 0 radical (unpaired) electrons. The van der Waals surface area contributed by atoms with Gasteiger partial charge in [0.1, 0.15) is 0 Å². The third kappa shape index (κ3) is 4.73. The summed E-state index contributed by atoms with van der Waals surface area (Å²) in [5.41, 5.74) is 0.939. The summed E-state index contributed by atoms with van der Waals surface area (Å²) in [5.74, 6) is -0.357. The number of benzene rings is 1. The Bertz CT molecular complexity index is 437. The van der Waals surface area contributed by atoms with Gasteiger partial charge in [0, 0.05) is 18.6 Å². The molecule has 98 valence electrons. The second-order valence-corrected chi connectivity index (χ2v) is 4.30. The van der Waals surface area contributed by atoms with E-state index in [1.54, 1.807) is 18.0 Å². The second kappa shape index (κ2) is 6.98. The van der Waals surface area contributed by atoms with Crippen LogP contribution < -0.4 is 10.6 Å². The summed E-state index contributed by atoms with van der Waals surface area (Å²) in [5, 5.41) is 5.18. The van der Waals surface area contributed by atoms with Crippen molar-refractivity contribution in [3.05, 3.63) is 34.9 Å². The van der Waals surface area contributed by atoms with Crippen LogP contribution in [0.2, 0.25) is 5.02 Å². The van der Waals surface area contributed by atoms with Crippen LogP contribution in [0.4, 0.5) is 4.79 Å². The van der Waals surface area contributed by atoms with Crippen molar-refractivity contribution < 1.29 is 9.59 Å². The van der Waals surface area contributed by atoms with E-state index in [1.807, 2.05) is 18.2 Å². The van der Waals surface area contributed by atoms with Crippen molar-refractivity contribution in [1.82, 2.24) is 15.5 Å². The molecule has 1 rings (SSSR count). The van der Waals surface area contributed by atoms with Crippen LogP contribution in [0.3, 0.4) is 0 Å². The van der Waals surface area contributed by atoms with Gasteiger partial charge < -0.3 is 5.32 Å². The lowest BCUT2D eigenvalue weighted by Crippen LogP contribution is -2.42. The fourth-order valence-electron chi connectivity index (χ4n) is 1.45. The van der Waals surface area contributed by atoms with Crippen LogP contribution >= 0.6 is 11.6 Å². The zero-order chi connectivity index (χ0) is 13.5. The summed E-state index contributed by atoms with van der Waals surface area (Å²) in [6.45, 7) is 0.666. The minimum Gasteiger partial charge on any atom is -0.341 e. The number of halogens is 1. The van der Waals surface area contributed by atoms with Gasteiger partial charge in [0.05, 0.1) is 6.54 Å². The molecule has 0 fully saturated rings. The number of amides is 3. The first kappa shape index (κ1) is 14.5. The summed E-state index contributed by atoms with van der Waals surface area (Å²) in [6, 6.07) is 6.93. The van der Waals surface area contributed by atoms with Gasteiger partial charge in [0.25, 0.3) is 0 Å². The van der Waals surface area contributed by atoms with Crippen LogP contribution in [0.25, 0.3) is 0 Å². The number of hydrogen-bond donors (Lipinski definition) is 2. The van der Waals surface area contributed by atoms with Crippen molar-refractivity contribution in [2.75, 3.05) is 20.6 Å². The summed E-state index contributed by atoms with van der Waals surface area (Å²) in [7, 11) is 3.24. The molecule has 0 aliphatic heterocycles. The largest absolute Gasteiger partial charge is 0.341 e. The molecule has 3 amide bonds. The zero-order valence-corrected chi connectivity index (χ0v) is 11.1. The highest BCUT2D eigenvalue weighted by Gasteiger charge is 2.10. The van der Waals surface area contributed by atoms with Crippen LogP contribution in [0, 0.1) is 0 Å². The van der Waals surface area contributed by atoms with Gasteiger partial charge >= 0.3 is 6.03 Å². The molecule has 6 heteroatoms. The number of nitrogens with zero attached hydrogens (tertiary/aromatic N) is 1. The molecule has 0 heterocycles. The van der Waals surface area contributed by atoms with Gasteiger partial charge in [-0.15, -0.1) is 0 Å². The Balaban J connectivity index is 2.47. The quantitative estimate of drug-likeness (QED) is 0.864. The highest BCUT2D eigenvalue weighted by Crippen LogP contribution is 2.16. The number of carbonyl (C=O) groups is 2. The normalized spacial score (nSPS) is 10.2. The molecule has 0 atom stereocenters. The lowest BCUT2D eigenvalue weighted by Gasteiger charge is -2.16. The van der Waals surface area contributed by atoms with Crippen LogP contribution in [0.5, 0.6) is 0 Å². The smallest absolute Gasteiger partial charge is 0.321 e. The monoisotopic (exact) mass is 269 g/mol. The van der Waals surface area contributed by atoms with E-state index in [0.717, 1.165) is 5.56 Å². The molecule has 1 aromatic rings. The standard InChI is InChI=1S/C12H16ClN3O2/c1-14-12(18)15-11(17)8-16(2)7-9-5-3-4-6-10(9)13/h3-6H,7-8H2,1-2H3,(H2,14,15,17,18). The van der Waals surface area contributed by atoms with E-state index in [9.17, 15) is 9.59 Å². The molecule has 18 heavy (non-hydrogen) atoms. The molecule has 2 N–H and O–H groups in total. The molecule has 0 bridgehead atoms. The van der Waals surface area contributed by atoms with Gasteiger partial charge in [0.2, 0.25) is 5.91 Å². The maximum Gasteiger partial charge on any atom is 0.321 e. The predicted octanol–water partition coefficient (Wildman–Crippen LogP) is 1.23. The van der Waals surface area contributed by atoms with Gasteiger partial charge in [-0.3, -0.25) is 15.0 Å². The molecule has 0 unspecified atom stereocenters. The van der Waals surface area contributed by atoms with Crippen molar-refractivity contribution >= 4 is 23.5 Å². The summed E-state index contributed by atoms with van der Waals surface area (Å²) in [6.07, 6.45) is 0. The SMILES string of the molecule is CNC(=O)NC(=O)CN(C)Cc1ccccc1Cl. The van der Waals surface area contributed by atoms with E-state index in [0.29, 0.717) is 11.6 Å². The van der Waals surface area contributed by atoms with Crippen molar-refractivity contribution in [2.45, 2.75) is 6.54 Å². The third-order valence-corrected chi connectivity index (χ3v) is 2.66. The minimum atomic E-state index is -0.508. The number of carbonyl (C=O) groups excluding carboxylic acids is 2. The predicted molar refractivity (Wildman–Crippen MR) is 70.4 cm³/mol. The average molecular weight is 270 g/mol. The molecular weight excluding hydrogens is 254 g/mol. The first-order valence-electron chi connectivity index (χ1n) is 5.46. The Kier molecular flexibility index (Phi) is 5.61. The topological polar surface area (TPSA) is 61.4 Å². The fourth-order valence-corrected chi connectivity index (χ4v) is 1.64.